The summed E-state index contributed by atoms with van der Waals surface area (Å²) in [4.78, 5) is 16.0. The Labute approximate surface area is 116 Å². The molecule has 1 N–H and O–H groups in total. The normalized spacial score (nSPS) is 21.8. The summed E-state index contributed by atoms with van der Waals surface area (Å²) in [7, 11) is 0. The molecule has 1 rings (SSSR count). The molecule has 0 spiro atoms. The molecule has 1 aliphatic heterocycles. The van der Waals surface area contributed by atoms with Crippen LogP contribution in [0.15, 0.2) is 0 Å². The number of hydrogen-bond donors (Lipinski definition) is 1. The lowest BCUT2D eigenvalue weighted by Gasteiger charge is -2.41. The van der Waals surface area contributed by atoms with Gasteiger partial charge >= 0.3 is 6.09 Å². The van der Waals surface area contributed by atoms with Crippen molar-refractivity contribution in [2.24, 2.45) is 5.92 Å². The summed E-state index contributed by atoms with van der Waals surface area (Å²) in [6.07, 6.45) is -0.282. The molecule has 1 unspecified atom stereocenters. The van der Waals surface area contributed by atoms with Crippen molar-refractivity contribution in [1.29, 1.82) is 0 Å². The SMILES string of the molecule is CC(C)CN1CCN(C(=O)OC(C)(C)C)CC1CO. The van der Waals surface area contributed by atoms with Crippen molar-refractivity contribution in [2.45, 2.75) is 46.3 Å². The maximum Gasteiger partial charge on any atom is 0.410 e. The molecule has 1 aliphatic rings. The molecule has 0 radical (unpaired) electrons. The fourth-order valence-corrected chi connectivity index (χ4v) is 2.27. The number of nitrogens with zero attached hydrogens (tertiary/aromatic N) is 2. The van der Waals surface area contributed by atoms with Gasteiger partial charge in [0.2, 0.25) is 0 Å². The van der Waals surface area contributed by atoms with E-state index in [-0.39, 0.29) is 18.7 Å². The molecule has 1 atom stereocenters. The molecule has 0 aromatic carbocycles. The third kappa shape index (κ3) is 5.37. The number of piperazine rings is 1. The molecule has 0 bridgehead atoms. The Morgan fingerprint density at radius 3 is 2.47 bits per heavy atom. The van der Waals surface area contributed by atoms with Gasteiger partial charge in [-0.2, -0.15) is 0 Å². The third-order valence-electron chi connectivity index (χ3n) is 3.07. The van der Waals surface area contributed by atoms with Crippen molar-refractivity contribution in [1.82, 2.24) is 9.80 Å². The number of carbonyl (C=O) groups excluding carboxylic acids is 1. The second-order valence-electron chi connectivity index (χ2n) is 6.65. The summed E-state index contributed by atoms with van der Waals surface area (Å²) in [5, 5.41) is 9.49. The van der Waals surface area contributed by atoms with E-state index < -0.39 is 5.60 Å². The van der Waals surface area contributed by atoms with Gasteiger partial charge in [0.25, 0.3) is 0 Å². The van der Waals surface area contributed by atoms with E-state index in [4.69, 9.17) is 4.74 Å². The number of rotatable bonds is 3. The molecule has 5 heteroatoms. The fraction of sp³-hybridized carbons (Fsp3) is 0.929. The zero-order valence-corrected chi connectivity index (χ0v) is 12.8. The summed E-state index contributed by atoms with van der Waals surface area (Å²) in [6, 6.07) is 0.0173. The number of aliphatic hydroxyl groups is 1. The maximum atomic E-state index is 12.0. The minimum atomic E-state index is -0.471. The first-order valence-corrected chi connectivity index (χ1v) is 7.05. The number of ether oxygens (including phenoxy) is 1. The standard InChI is InChI=1S/C14H28N2O3/c1-11(2)8-15-6-7-16(9-12(15)10-17)13(18)19-14(3,4)5/h11-12,17H,6-10H2,1-5H3. The van der Waals surface area contributed by atoms with Gasteiger partial charge in [0.1, 0.15) is 5.60 Å². The minimum absolute atomic E-state index is 0.0173. The summed E-state index contributed by atoms with van der Waals surface area (Å²) in [6.45, 7) is 12.9. The molecule has 0 aromatic rings. The Bertz CT molecular complexity index is 300. The van der Waals surface area contributed by atoms with Crippen LogP contribution in [-0.2, 0) is 4.74 Å². The van der Waals surface area contributed by atoms with Gasteiger partial charge in [0.15, 0.2) is 0 Å². The van der Waals surface area contributed by atoms with E-state index in [1.165, 1.54) is 0 Å². The molecule has 1 saturated heterocycles. The molecule has 1 fully saturated rings. The van der Waals surface area contributed by atoms with E-state index in [1.807, 2.05) is 20.8 Å². The van der Waals surface area contributed by atoms with Gasteiger partial charge in [0, 0.05) is 26.2 Å². The zero-order chi connectivity index (χ0) is 14.6. The predicted molar refractivity (Wildman–Crippen MR) is 75.1 cm³/mol. The summed E-state index contributed by atoms with van der Waals surface area (Å²) >= 11 is 0. The van der Waals surface area contributed by atoms with E-state index >= 15 is 0 Å². The Hall–Kier alpha value is -0.810. The van der Waals surface area contributed by atoms with Gasteiger partial charge in [-0.15, -0.1) is 0 Å². The molecule has 112 valence electrons. The van der Waals surface area contributed by atoms with E-state index in [0.717, 1.165) is 13.1 Å². The summed E-state index contributed by atoms with van der Waals surface area (Å²) in [5.41, 5.74) is -0.471. The van der Waals surface area contributed by atoms with Crippen LogP contribution in [0.4, 0.5) is 4.79 Å². The lowest BCUT2D eigenvalue weighted by Crippen LogP contribution is -2.57. The van der Waals surface area contributed by atoms with Gasteiger partial charge in [-0.25, -0.2) is 4.79 Å². The second kappa shape index (κ2) is 6.57. The molecule has 0 aromatic heterocycles. The zero-order valence-electron chi connectivity index (χ0n) is 12.8. The van der Waals surface area contributed by atoms with Crippen molar-refractivity contribution in [3.8, 4) is 0 Å². The number of hydrogen-bond acceptors (Lipinski definition) is 4. The van der Waals surface area contributed by atoms with Crippen LogP contribution >= 0.6 is 0 Å². The molecule has 1 heterocycles. The van der Waals surface area contributed by atoms with Gasteiger partial charge < -0.3 is 14.7 Å². The van der Waals surface area contributed by atoms with E-state index in [1.54, 1.807) is 4.90 Å². The van der Waals surface area contributed by atoms with Crippen LogP contribution in [0.25, 0.3) is 0 Å². The molecule has 0 aliphatic carbocycles. The van der Waals surface area contributed by atoms with Crippen LogP contribution in [0.1, 0.15) is 34.6 Å². The molecule has 19 heavy (non-hydrogen) atoms. The van der Waals surface area contributed by atoms with Gasteiger partial charge in [-0.3, -0.25) is 4.90 Å². The fourth-order valence-electron chi connectivity index (χ4n) is 2.27. The van der Waals surface area contributed by atoms with Crippen molar-refractivity contribution >= 4 is 6.09 Å². The van der Waals surface area contributed by atoms with E-state index in [0.29, 0.717) is 19.0 Å². The Morgan fingerprint density at radius 2 is 2.00 bits per heavy atom. The molecular formula is C14H28N2O3. The van der Waals surface area contributed by atoms with Crippen LogP contribution in [0.2, 0.25) is 0 Å². The number of amides is 1. The summed E-state index contributed by atoms with van der Waals surface area (Å²) in [5.74, 6) is 0.558. The van der Waals surface area contributed by atoms with Crippen molar-refractivity contribution in [2.75, 3.05) is 32.8 Å². The monoisotopic (exact) mass is 272 g/mol. The van der Waals surface area contributed by atoms with Crippen molar-refractivity contribution < 1.29 is 14.6 Å². The van der Waals surface area contributed by atoms with Crippen molar-refractivity contribution in [3.63, 3.8) is 0 Å². The van der Waals surface area contributed by atoms with Gasteiger partial charge in [-0.1, -0.05) is 13.8 Å². The Balaban J connectivity index is 2.56. The van der Waals surface area contributed by atoms with E-state index in [2.05, 4.69) is 18.7 Å². The second-order valence-corrected chi connectivity index (χ2v) is 6.65. The smallest absolute Gasteiger partial charge is 0.410 e. The molecule has 5 nitrogen and oxygen atoms in total. The quantitative estimate of drug-likeness (QED) is 0.847. The third-order valence-corrected chi connectivity index (χ3v) is 3.07. The highest BCUT2D eigenvalue weighted by Gasteiger charge is 2.31. The number of carbonyl (C=O) groups is 1. The van der Waals surface area contributed by atoms with Crippen molar-refractivity contribution in [3.05, 3.63) is 0 Å². The highest BCUT2D eigenvalue weighted by atomic mass is 16.6. The highest BCUT2D eigenvalue weighted by Crippen LogP contribution is 2.15. The molecule has 1 amide bonds. The largest absolute Gasteiger partial charge is 0.444 e. The van der Waals surface area contributed by atoms with Crippen LogP contribution in [-0.4, -0.2) is 65.4 Å². The van der Waals surface area contributed by atoms with Crippen LogP contribution in [0.5, 0.6) is 0 Å². The van der Waals surface area contributed by atoms with Crippen LogP contribution in [0.3, 0.4) is 0 Å². The average molecular weight is 272 g/mol. The van der Waals surface area contributed by atoms with Gasteiger partial charge in [0.05, 0.1) is 12.6 Å². The van der Waals surface area contributed by atoms with Gasteiger partial charge in [-0.05, 0) is 26.7 Å². The Kier molecular flexibility index (Phi) is 5.62. The highest BCUT2D eigenvalue weighted by molar-refractivity contribution is 5.68. The first-order chi connectivity index (χ1) is 8.73. The summed E-state index contributed by atoms with van der Waals surface area (Å²) < 4.78 is 5.37. The first-order valence-electron chi connectivity index (χ1n) is 7.05. The van der Waals surface area contributed by atoms with E-state index in [9.17, 15) is 9.90 Å². The predicted octanol–water partition coefficient (Wildman–Crippen LogP) is 1.56. The lowest BCUT2D eigenvalue weighted by molar-refractivity contribution is -0.00645. The first kappa shape index (κ1) is 16.2. The molecular weight excluding hydrogens is 244 g/mol. The average Bonchev–Trinajstić information content (AvgIpc) is 2.26. The minimum Gasteiger partial charge on any atom is -0.444 e. The molecule has 0 saturated carbocycles. The lowest BCUT2D eigenvalue weighted by atomic mass is 10.1. The number of aliphatic hydroxyl groups excluding tert-OH is 1. The maximum absolute atomic E-state index is 12.0. The topological polar surface area (TPSA) is 53.0 Å². The van der Waals surface area contributed by atoms with Crippen LogP contribution in [0, 0.1) is 5.92 Å². The Morgan fingerprint density at radius 1 is 1.37 bits per heavy atom. The van der Waals surface area contributed by atoms with Crippen LogP contribution < -0.4 is 0 Å².